The Morgan fingerprint density at radius 2 is 2.06 bits per heavy atom. The Kier molecular flexibility index (Phi) is 6.34. The number of nitrogens with two attached hydrogens (primary N) is 1. The van der Waals surface area contributed by atoms with Gasteiger partial charge < -0.3 is 11.1 Å². The zero-order valence-electron chi connectivity index (χ0n) is 11.1. The Morgan fingerprint density at radius 1 is 1.41 bits per heavy atom. The number of rotatable bonds is 6. The van der Waals surface area contributed by atoms with Crippen LogP contribution in [0.15, 0.2) is 0 Å². The molecule has 1 rings (SSSR count). The summed E-state index contributed by atoms with van der Waals surface area (Å²) in [6.07, 6.45) is 8.68. The average Bonchev–Trinajstić information content (AvgIpc) is 2.37. The molecule has 0 aromatic carbocycles. The fraction of sp³-hybridized carbons (Fsp3) is 0.923. The zero-order valence-corrected chi connectivity index (χ0v) is 11.9. The number of amides is 1. The predicted molar refractivity (Wildman–Crippen MR) is 75.2 cm³/mol. The minimum Gasteiger partial charge on any atom is -0.355 e. The van der Waals surface area contributed by atoms with Crippen molar-refractivity contribution in [3.8, 4) is 0 Å². The zero-order chi connectivity index (χ0) is 12.7. The second-order valence-corrected chi connectivity index (χ2v) is 6.57. The maximum atomic E-state index is 11.9. The van der Waals surface area contributed by atoms with E-state index in [4.69, 9.17) is 5.73 Å². The van der Waals surface area contributed by atoms with Crippen LogP contribution in [0, 0.1) is 5.41 Å². The fourth-order valence-electron chi connectivity index (χ4n) is 2.50. The minimum absolute atomic E-state index is 0.0882. The van der Waals surface area contributed by atoms with Crippen LogP contribution in [-0.4, -0.2) is 30.5 Å². The Hall–Kier alpha value is -0.220. The molecule has 100 valence electrons. The summed E-state index contributed by atoms with van der Waals surface area (Å²) >= 11 is 1.78. The lowest BCUT2D eigenvalue weighted by atomic mass is 9.71. The lowest BCUT2D eigenvalue weighted by Gasteiger charge is -2.35. The van der Waals surface area contributed by atoms with Gasteiger partial charge in [-0.2, -0.15) is 11.8 Å². The van der Waals surface area contributed by atoms with Gasteiger partial charge in [-0.05, 0) is 31.1 Å². The van der Waals surface area contributed by atoms with Gasteiger partial charge in [-0.3, -0.25) is 4.79 Å². The molecule has 0 heterocycles. The second kappa shape index (κ2) is 7.27. The number of thioether (sulfide) groups is 1. The first kappa shape index (κ1) is 14.8. The van der Waals surface area contributed by atoms with Crippen molar-refractivity contribution >= 4 is 17.7 Å². The van der Waals surface area contributed by atoms with Crippen LogP contribution in [0.5, 0.6) is 0 Å². The van der Waals surface area contributed by atoms with Gasteiger partial charge in [-0.15, -0.1) is 0 Å². The molecule has 1 saturated carbocycles. The van der Waals surface area contributed by atoms with Gasteiger partial charge in [0.1, 0.15) is 0 Å². The van der Waals surface area contributed by atoms with E-state index in [1.807, 2.05) is 0 Å². The summed E-state index contributed by atoms with van der Waals surface area (Å²) in [5, 5.41) is 3.51. The van der Waals surface area contributed by atoms with Crippen molar-refractivity contribution in [2.45, 2.75) is 50.7 Å². The average molecular weight is 258 g/mol. The fourth-order valence-corrected chi connectivity index (χ4v) is 2.75. The smallest absolute Gasteiger partial charge is 0.220 e. The van der Waals surface area contributed by atoms with Crippen molar-refractivity contribution in [3.63, 3.8) is 0 Å². The number of hydrogen-bond donors (Lipinski definition) is 2. The first-order valence-corrected chi connectivity index (χ1v) is 7.90. The largest absolute Gasteiger partial charge is 0.355 e. The van der Waals surface area contributed by atoms with Gasteiger partial charge in [0, 0.05) is 18.2 Å². The molecular formula is C13H26N2OS. The molecule has 0 aromatic rings. The molecule has 0 aromatic heterocycles. The van der Waals surface area contributed by atoms with E-state index in [1.165, 1.54) is 19.3 Å². The van der Waals surface area contributed by atoms with Gasteiger partial charge in [0.05, 0.1) is 0 Å². The van der Waals surface area contributed by atoms with Crippen LogP contribution < -0.4 is 11.1 Å². The molecule has 1 atom stereocenters. The molecule has 0 aliphatic heterocycles. The Morgan fingerprint density at radius 3 is 2.59 bits per heavy atom. The molecule has 0 bridgehead atoms. The minimum atomic E-state index is 0.0882. The predicted octanol–water partition coefficient (Wildman–Crippen LogP) is 2.15. The maximum absolute atomic E-state index is 11.9. The van der Waals surface area contributed by atoms with Crippen molar-refractivity contribution in [1.82, 2.24) is 5.32 Å². The molecule has 1 amide bonds. The van der Waals surface area contributed by atoms with Crippen molar-refractivity contribution < 1.29 is 4.79 Å². The van der Waals surface area contributed by atoms with Crippen LogP contribution >= 0.6 is 11.8 Å². The molecule has 0 spiro atoms. The van der Waals surface area contributed by atoms with Crippen LogP contribution in [-0.2, 0) is 4.79 Å². The molecule has 0 saturated heterocycles. The topological polar surface area (TPSA) is 55.1 Å². The highest BCUT2D eigenvalue weighted by molar-refractivity contribution is 7.99. The molecule has 1 aliphatic carbocycles. The van der Waals surface area contributed by atoms with E-state index in [9.17, 15) is 4.79 Å². The summed E-state index contributed by atoms with van der Waals surface area (Å²) in [6, 6.07) is 0. The van der Waals surface area contributed by atoms with Crippen LogP contribution in [0.3, 0.4) is 0 Å². The van der Waals surface area contributed by atoms with E-state index in [-0.39, 0.29) is 11.3 Å². The molecule has 3 nitrogen and oxygen atoms in total. The van der Waals surface area contributed by atoms with Crippen LogP contribution in [0.25, 0.3) is 0 Å². The van der Waals surface area contributed by atoms with E-state index < -0.39 is 0 Å². The van der Waals surface area contributed by atoms with Gasteiger partial charge in [0.2, 0.25) is 5.91 Å². The molecule has 17 heavy (non-hydrogen) atoms. The monoisotopic (exact) mass is 258 g/mol. The van der Waals surface area contributed by atoms with Gasteiger partial charge >= 0.3 is 0 Å². The Bertz CT molecular complexity index is 240. The van der Waals surface area contributed by atoms with Crippen molar-refractivity contribution in [1.29, 1.82) is 0 Å². The molecular weight excluding hydrogens is 232 g/mol. The Labute approximate surface area is 109 Å². The van der Waals surface area contributed by atoms with E-state index in [2.05, 4.69) is 18.5 Å². The SMILES string of the molecule is CSC(C)CNC(=O)CC1(CN)CCCCC1. The van der Waals surface area contributed by atoms with Gasteiger partial charge in [-0.1, -0.05) is 26.2 Å². The van der Waals surface area contributed by atoms with Crippen molar-refractivity contribution in [2.75, 3.05) is 19.3 Å². The third-order valence-electron chi connectivity index (χ3n) is 3.87. The highest BCUT2D eigenvalue weighted by Gasteiger charge is 2.32. The quantitative estimate of drug-likeness (QED) is 0.767. The number of hydrogen-bond acceptors (Lipinski definition) is 3. The van der Waals surface area contributed by atoms with Gasteiger partial charge in [0.25, 0.3) is 0 Å². The van der Waals surface area contributed by atoms with Crippen molar-refractivity contribution in [3.05, 3.63) is 0 Å². The summed E-state index contributed by atoms with van der Waals surface area (Å²) in [5.74, 6) is 0.179. The third kappa shape index (κ3) is 4.88. The molecule has 1 fully saturated rings. The molecule has 4 heteroatoms. The normalized spacial score (nSPS) is 20.9. The van der Waals surface area contributed by atoms with E-state index in [1.54, 1.807) is 11.8 Å². The molecule has 0 radical (unpaired) electrons. The van der Waals surface area contributed by atoms with Crippen molar-refractivity contribution in [2.24, 2.45) is 11.1 Å². The highest BCUT2D eigenvalue weighted by atomic mass is 32.2. The summed E-state index contributed by atoms with van der Waals surface area (Å²) in [6.45, 7) is 3.55. The summed E-state index contributed by atoms with van der Waals surface area (Å²) < 4.78 is 0. The van der Waals surface area contributed by atoms with Gasteiger partial charge in [0.15, 0.2) is 0 Å². The van der Waals surface area contributed by atoms with Gasteiger partial charge in [-0.25, -0.2) is 0 Å². The summed E-state index contributed by atoms with van der Waals surface area (Å²) in [4.78, 5) is 11.9. The first-order valence-electron chi connectivity index (χ1n) is 6.61. The highest BCUT2D eigenvalue weighted by Crippen LogP contribution is 2.38. The lowest BCUT2D eigenvalue weighted by molar-refractivity contribution is -0.123. The second-order valence-electron chi connectivity index (χ2n) is 5.29. The molecule has 1 unspecified atom stereocenters. The molecule has 1 aliphatic rings. The van der Waals surface area contributed by atoms with Crippen LogP contribution in [0.1, 0.15) is 45.4 Å². The van der Waals surface area contributed by atoms with E-state index in [0.29, 0.717) is 18.2 Å². The first-order chi connectivity index (χ1) is 8.12. The molecule has 3 N–H and O–H groups in total. The van der Waals surface area contributed by atoms with E-state index >= 15 is 0 Å². The number of carbonyl (C=O) groups excluding carboxylic acids is 1. The number of nitrogens with one attached hydrogen (secondary N) is 1. The lowest BCUT2D eigenvalue weighted by Crippen LogP contribution is -2.39. The van der Waals surface area contributed by atoms with E-state index in [0.717, 1.165) is 19.4 Å². The number of carbonyl (C=O) groups is 1. The summed E-state index contributed by atoms with van der Waals surface area (Å²) in [7, 11) is 0. The van der Waals surface area contributed by atoms with Crippen LogP contribution in [0.2, 0.25) is 0 Å². The maximum Gasteiger partial charge on any atom is 0.220 e. The Balaban J connectivity index is 2.37. The summed E-state index contributed by atoms with van der Waals surface area (Å²) in [5.41, 5.74) is 5.97. The third-order valence-corrected chi connectivity index (χ3v) is 4.84. The standard InChI is InChI=1S/C13H26N2OS/c1-11(17-2)9-15-12(16)8-13(10-14)6-4-3-5-7-13/h11H,3-10,14H2,1-2H3,(H,15,16). The van der Waals surface area contributed by atoms with Crippen LogP contribution in [0.4, 0.5) is 0 Å².